The average Bonchev–Trinajstić information content (AvgIpc) is 2.60. The van der Waals surface area contributed by atoms with E-state index in [1.54, 1.807) is 6.07 Å². The summed E-state index contributed by atoms with van der Waals surface area (Å²) in [4.78, 5) is 29.2. The summed E-state index contributed by atoms with van der Waals surface area (Å²) in [6.45, 7) is 7.90. The number of aryl methyl sites for hydroxylation is 4. The van der Waals surface area contributed by atoms with Crippen LogP contribution in [0.1, 0.15) is 43.0 Å². The normalized spacial score (nSPS) is 10.4. The third-order valence-corrected chi connectivity index (χ3v) is 4.22. The van der Waals surface area contributed by atoms with Crippen molar-refractivity contribution in [2.45, 2.75) is 27.7 Å². The van der Waals surface area contributed by atoms with Crippen molar-refractivity contribution in [2.75, 3.05) is 10.6 Å². The van der Waals surface area contributed by atoms with Gasteiger partial charge in [-0.1, -0.05) is 12.1 Å². The lowest BCUT2D eigenvalue weighted by Gasteiger charge is -2.10. The van der Waals surface area contributed by atoms with Crippen LogP contribution >= 0.6 is 0 Å². The van der Waals surface area contributed by atoms with Gasteiger partial charge >= 0.3 is 0 Å². The van der Waals surface area contributed by atoms with Crippen LogP contribution in [0.4, 0.5) is 11.4 Å². The van der Waals surface area contributed by atoms with E-state index in [0.29, 0.717) is 22.5 Å². The Morgan fingerprint density at radius 2 is 0.964 bits per heavy atom. The number of nitrogens with one attached hydrogen (secondary N) is 2. The van der Waals surface area contributed by atoms with Crippen molar-refractivity contribution in [2.24, 2.45) is 0 Å². The molecular formula is C23H23N3O2. The Kier molecular flexibility index (Phi) is 5.54. The van der Waals surface area contributed by atoms with Crippen molar-refractivity contribution < 1.29 is 9.59 Å². The molecule has 2 N–H and O–H groups in total. The van der Waals surface area contributed by atoms with Crippen LogP contribution in [-0.2, 0) is 0 Å². The van der Waals surface area contributed by atoms with Crippen LogP contribution in [0.25, 0.3) is 0 Å². The van der Waals surface area contributed by atoms with Gasteiger partial charge in [0.2, 0.25) is 0 Å². The van der Waals surface area contributed by atoms with Crippen molar-refractivity contribution in [1.29, 1.82) is 0 Å². The fourth-order valence-corrected chi connectivity index (χ4v) is 3.19. The van der Waals surface area contributed by atoms with E-state index in [-0.39, 0.29) is 11.8 Å². The number of carbonyl (C=O) groups is 2. The number of pyridine rings is 1. The number of nitrogens with zero attached hydrogens (tertiary/aromatic N) is 1. The van der Waals surface area contributed by atoms with Gasteiger partial charge < -0.3 is 10.6 Å². The van der Waals surface area contributed by atoms with Gasteiger partial charge in [0, 0.05) is 23.8 Å². The highest BCUT2D eigenvalue weighted by Crippen LogP contribution is 2.17. The SMILES string of the molecule is Cc1cc(C)cc(NC(=O)c2cncc(C(=O)Nc3cc(C)cc(C)c3)c2)c1. The number of aromatic nitrogens is 1. The average molecular weight is 373 g/mol. The van der Waals surface area contributed by atoms with Gasteiger partial charge in [0.15, 0.2) is 0 Å². The molecule has 3 rings (SSSR count). The molecule has 5 heteroatoms. The van der Waals surface area contributed by atoms with E-state index in [9.17, 15) is 9.59 Å². The minimum absolute atomic E-state index is 0.307. The minimum atomic E-state index is -0.307. The van der Waals surface area contributed by atoms with Gasteiger partial charge in [-0.3, -0.25) is 14.6 Å². The topological polar surface area (TPSA) is 71.1 Å². The molecule has 0 aliphatic carbocycles. The van der Waals surface area contributed by atoms with Crippen molar-refractivity contribution >= 4 is 23.2 Å². The molecule has 0 spiro atoms. The summed E-state index contributed by atoms with van der Waals surface area (Å²) in [7, 11) is 0. The number of hydrogen-bond acceptors (Lipinski definition) is 3. The molecule has 2 amide bonds. The van der Waals surface area contributed by atoms with E-state index >= 15 is 0 Å². The molecule has 1 aromatic heterocycles. The summed E-state index contributed by atoms with van der Waals surface area (Å²) >= 11 is 0. The highest BCUT2D eigenvalue weighted by molar-refractivity contribution is 6.08. The number of hydrogen-bond donors (Lipinski definition) is 2. The molecule has 0 bridgehead atoms. The maximum Gasteiger partial charge on any atom is 0.257 e. The molecule has 5 nitrogen and oxygen atoms in total. The second-order valence-corrected chi connectivity index (χ2v) is 7.12. The first-order valence-corrected chi connectivity index (χ1v) is 9.04. The number of amides is 2. The smallest absolute Gasteiger partial charge is 0.257 e. The quantitative estimate of drug-likeness (QED) is 0.689. The summed E-state index contributed by atoms with van der Waals surface area (Å²) in [5, 5.41) is 5.72. The van der Waals surface area contributed by atoms with Gasteiger partial charge in [-0.05, 0) is 80.3 Å². The van der Waals surface area contributed by atoms with Crippen LogP contribution in [0, 0.1) is 27.7 Å². The van der Waals surface area contributed by atoms with Gasteiger partial charge in [-0.15, -0.1) is 0 Å². The first-order chi connectivity index (χ1) is 13.3. The molecule has 0 saturated heterocycles. The highest BCUT2D eigenvalue weighted by Gasteiger charge is 2.13. The van der Waals surface area contributed by atoms with E-state index in [4.69, 9.17) is 0 Å². The Morgan fingerprint density at radius 3 is 1.32 bits per heavy atom. The van der Waals surface area contributed by atoms with Crippen molar-refractivity contribution in [3.8, 4) is 0 Å². The zero-order chi connectivity index (χ0) is 20.3. The molecule has 2 aromatic carbocycles. The molecule has 0 aliphatic heterocycles. The Bertz CT molecular complexity index is 936. The molecule has 0 unspecified atom stereocenters. The van der Waals surface area contributed by atoms with Crippen LogP contribution < -0.4 is 10.6 Å². The maximum atomic E-state index is 12.6. The molecule has 28 heavy (non-hydrogen) atoms. The van der Waals surface area contributed by atoms with E-state index in [2.05, 4.69) is 15.6 Å². The molecule has 1 heterocycles. The summed E-state index contributed by atoms with van der Waals surface area (Å²) in [6, 6.07) is 13.2. The van der Waals surface area contributed by atoms with Gasteiger partial charge in [0.25, 0.3) is 11.8 Å². The zero-order valence-corrected chi connectivity index (χ0v) is 16.5. The number of rotatable bonds is 4. The largest absolute Gasteiger partial charge is 0.322 e. The highest BCUT2D eigenvalue weighted by atomic mass is 16.2. The van der Waals surface area contributed by atoms with Gasteiger partial charge in [-0.25, -0.2) is 0 Å². The fraction of sp³-hybridized carbons (Fsp3) is 0.174. The predicted molar refractivity (Wildman–Crippen MR) is 112 cm³/mol. The third kappa shape index (κ3) is 4.82. The van der Waals surface area contributed by atoms with Crippen LogP contribution in [-0.4, -0.2) is 16.8 Å². The number of benzene rings is 2. The standard InChI is InChI=1S/C23H23N3O2/c1-14-5-15(2)8-20(7-14)25-22(27)18-11-19(13-24-12-18)23(28)26-21-9-16(3)6-17(4)10-21/h5-13H,1-4H3,(H,25,27)(H,26,28). The molecule has 0 aliphatic rings. The Morgan fingerprint density at radius 1 is 0.607 bits per heavy atom. The Labute approximate surface area is 164 Å². The predicted octanol–water partition coefficient (Wildman–Crippen LogP) is 4.82. The number of carbonyl (C=O) groups excluding carboxylic acids is 2. The van der Waals surface area contributed by atoms with E-state index in [1.165, 1.54) is 12.4 Å². The molecule has 0 fully saturated rings. The van der Waals surface area contributed by atoms with Crippen molar-refractivity contribution in [3.63, 3.8) is 0 Å². The number of anilines is 2. The Balaban J connectivity index is 1.77. The summed E-state index contributed by atoms with van der Waals surface area (Å²) in [6.07, 6.45) is 2.90. The van der Waals surface area contributed by atoms with E-state index in [1.807, 2.05) is 64.1 Å². The molecule has 142 valence electrons. The Hall–Kier alpha value is -3.47. The third-order valence-electron chi connectivity index (χ3n) is 4.22. The lowest BCUT2D eigenvalue weighted by molar-refractivity contribution is 0.102. The first kappa shape index (κ1) is 19.3. The van der Waals surface area contributed by atoms with Gasteiger partial charge in [0.1, 0.15) is 0 Å². The van der Waals surface area contributed by atoms with Crippen molar-refractivity contribution in [1.82, 2.24) is 4.98 Å². The fourth-order valence-electron chi connectivity index (χ4n) is 3.19. The summed E-state index contributed by atoms with van der Waals surface area (Å²) in [5.41, 5.74) is 6.34. The van der Waals surface area contributed by atoms with Crippen molar-refractivity contribution in [3.05, 3.63) is 88.2 Å². The molecule has 0 saturated carbocycles. The lowest BCUT2D eigenvalue weighted by Crippen LogP contribution is -2.16. The van der Waals surface area contributed by atoms with Crippen LogP contribution in [0.3, 0.4) is 0 Å². The maximum absolute atomic E-state index is 12.6. The monoisotopic (exact) mass is 373 g/mol. The molecule has 0 radical (unpaired) electrons. The van der Waals surface area contributed by atoms with Gasteiger partial charge in [-0.2, -0.15) is 0 Å². The van der Waals surface area contributed by atoms with Gasteiger partial charge in [0.05, 0.1) is 11.1 Å². The lowest BCUT2D eigenvalue weighted by atomic mass is 10.1. The van der Waals surface area contributed by atoms with Crippen LogP contribution in [0.15, 0.2) is 54.9 Å². The zero-order valence-electron chi connectivity index (χ0n) is 16.5. The summed E-state index contributed by atoms with van der Waals surface area (Å²) < 4.78 is 0. The second-order valence-electron chi connectivity index (χ2n) is 7.12. The molecular weight excluding hydrogens is 350 g/mol. The molecule has 0 atom stereocenters. The minimum Gasteiger partial charge on any atom is -0.322 e. The second kappa shape index (κ2) is 8.05. The first-order valence-electron chi connectivity index (χ1n) is 9.04. The van der Waals surface area contributed by atoms with E-state index in [0.717, 1.165) is 22.3 Å². The van der Waals surface area contributed by atoms with Crippen LogP contribution in [0.2, 0.25) is 0 Å². The summed E-state index contributed by atoms with van der Waals surface area (Å²) in [5.74, 6) is -0.614. The van der Waals surface area contributed by atoms with E-state index < -0.39 is 0 Å². The molecule has 3 aromatic rings. The van der Waals surface area contributed by atoms with Crippen LogP contribution in [0.5, 0.6) is 0 Å².